The fourth-order valence-corrected chi connectivity index (χ4v) is 11.9. The Labute approximate surface area is 331 Å². The van der Waals surface area contributed by atoms with Crippen LogP contribution < -0.4 is 15.5 Å². The molecule has 2 amide bonds. The van der Waals surface area contributed by atoms with Gasteiger partial charge in [0.25, 0.3) is 0 Å². The average molecular weight is 795 g/mol. The first-order valence-electron chi connectivity index (χ1n) is 20.4. The molecule has 7 rings (SSSR count). The number of benzene rings is 2. The lowest BCUT2D eigenvalue weighted by Gasteiger charge is -2.55. The third-order valence-corrected chi connectivity index (χ3v) is 15.3. The number of amides is 2. The first-order valence-corrected chi connectivity index (χ1v) is 21.8. The number of piperidine rings is 2. The SMILES string of the molecule is C=CC(=O)N[C@@H]1CCCN(S(=O)(=O)c2ccc(N3CC(CN4CCC(C(CN5CCC5)(c5cccc(F)c5)[C@H]5CCC[C@@H]5NC(=O)OC)CC4)(OC)C3)cc2)C1. The Hall–Kier alpha value is -3.56. The molecule has 5 aliphatic rings. The first kappa shape index (κ1) is 40.6. The molecule has 2 aromatic carbocycles. The Morgan fingerprint density at radius 3 is 2.32 bits per heavy atom. The highest BCUT2D eigenvalue weighted by atomic mass is 32.2. The molecule has 1 unspecified atom stereocenters. The van der Waals surface area contributed by atoms with Gasteiger partial charge in [0.2, 0.25) is 15.9 Å². The minimum Gasteiger partial charge on any atom is -0.453 e. The lowest BCUT2D eigenvalue weighted by Crippen LogP contribution is -2.68. The molecule has 4 atom stereocenters. The Kier molecular flexibility index (Phi) is 12.4. The standard InChI is InChI=1S/C42H59FN6O6S/c1-4-39(50)44-34-11-7-22-49(26-34)56(52,53)36-16-14-35(15-17-36)48-28-41(29-48,55-3)27-47-23-18-31(19-24-47)42(30-46-20-8-21-46,32-9-5-10-33(43)25-32)37-12-6-13-38(37)45-40(51)54-2/h4-5,9-10,14-17,25,31,34,37-38H,1,6-8,11-13,18-24,26-30H2,2-3H3,(H,44,50)(H,45,51)/t34-,37+,38+,42?/m1/s1. The molecule has 306 valence electrons. The molecule has 4 saturated heterocycles. The number of alkyl carbamates (subject to hydrolysis) is 1. The van der Waals surface area contributed by atoms with Crippen LogP contribution in [-0.2, 0) is 29.7 Å². The third kappa shape index (κ3) is 8.36. The summed E-state index contributed by atoms with van der Waals surface area (Å²) >= 11 is 0. The van der Waals surface area contributed by atoms with Crippen molar-refractivity contribution in [3.63, 3.8) is 0 Å². The smallest absolute Gasteiger partial charge is 0.407 e. The molecule has 4 heterocycles. The van der Waals surface area contributed by atoms with Gasteiger partial charge in [-0.2, -0.15) is 4.31 Å². The zero-order chi connectivity index (χ0) is 39.5. The van der Waals surface area contributed by atoms with Crippen LogP contribution in [-0.4, -0.2) is 132 Å². The highest BCUT2D eigenvalue weighted by molar-refractivity contribution is 7.89. The number of sulfonamides is 1. The van der Waals surface area contributed by atoms with Crippen molar-refractivity contribution in [2.24, 2.45) is 11.8 Å². The summed E-state index contributed by atoms with van der Waals surface area (Å²) in [6.45, 7) is 11.1. The number of hydrogen-bond donors (Lipinski definition) is 2. The molecule has 1 saturated carbocycles. The molecule has 14 heteroatoms. The molecule has 0 radical (unpaired) electrons. The molecule has 56 heavy (non-hydrogen) atoms. The van der Waals surface area contributed by atoms with Crippen LogP contribution in [0.5, 0.6) is 0 Å². The maximum Gasteiger partial charge on any atom is 0.407 e. The van der Waals surface area contributed by atoms with Crippen LogP contribution in [0.4, 0.5) is 14.9 Å². The van der Waals surface area contributed by atoms with Gasteiger partial charge in [-0.25, -0.2) is 17.6 Å². The summed E-state index contributed by atoms with van der Waals surface area (Å²) in [7, 11) is -0.522. The van der Waals surface area contributed by atoms with Crippen molar-refractivity contribution in [2.45, 2.75) is 79.4 Å². The number of ether oxygens (including phenoxy) is 2. The van der Waals surface area contributed by atoms with E-state index in [1.54, 1.807) is 25.3 Å². The first-order chi connectivity index (χ1) is 27.0. The van der Waals surface area contributed by atoms with Crippen molar-refractivity contribution in [1.29, 1.82) is 0 Å². The van der Waals surface area contributed by atoms with Crippen molar-refractivity contribution < 1.29 is 31.9 Å². The fourth-order valence-electron chi connectivity index (χ4n) is 10.4. The molecule has 12 nitrogen and oxygen atoms in total. The number of carbonyl (C=O) groups is 2. The number of likely N-dealkylation sites (tertiary alicyclic amines) is 2. The number of methoxy groups -OCH3 is 2. The van der Waals surface area contributed by atoms with Gasteiger partial charge in [0.15, 0.2) is 0 Å². The predicted octanol–water partition coefficient (Wildman–Crippen LogP) is 4.37. The zero-order valence-corrected chi connectivity index (χ0v) is 33.8. The second kappa shape index (κ2) is 17.1. The lowest BCUT2D eigenvalue weighted by atomic mass is 9.57. The van der Waals surface area contributed by atoms with E-state index in [2.05, 4.69) is 38.0 Å². The molecular formula is C42H59FN6O6S. The summed E-state index contributed by atoms with van der Waals surface area (Å²) in [4.78, 5) is 31.9. The quantitative estimate of drug-likeness (QED) is 0.269. The number of nitrogens with zero attached hydrogens (tertiary/aromatic N) is 4. The molecule has 1 aliphatic carbocycles. The summed E-state index contributed by atoms with van der Waals surface area (Å²) < 4.78 is 54.9. The molecule has 0 bridgehead atoms. The van der Waals surface area contributed by atoms with Crippen molar-refractivity contribution in [3.8, 4) is 0 Å². The van der Waals surface area contributed by atoms with Crippen LogP contribution >= 0.6 is 0 Å². The number of hydrogen-bond acceptors (Lipinski definition) is 9. The van der Waals surface area contributed by atoms with Gasteiger partial charge in [0, 0.05) is 56.5 Å². The maximum absolute atomic E-state index is 15.1. The van der Waals surface area contributed by atoms with Crippen molar-refractivity contribution in [1.82, 2.24) is 24.7 Å². The Morgan fingerprint density at radius 2 is 1.68 bits per heavy atom. The van der Waals surface area contributed by atoms with E-state index >= 15 is 4.39 Å². The number of halogens is 1. The van der Waals surface area contributed by atoms with Crippen molar-refractivity contribution in [3.05, 3.63) is 72.6 Å². The van der Waals surface area contributed by atoms with E-state index in [4.69, 9.17) is 9.47 Å². The van der Waals surface area contributed by atoms with E-state index in [9.17, 15) is 18.0 Å². The van der Waals surface area contributed by atoms with E-state index in [1.165, 1.54) is 30.0 Å². The average Bonchev–Trinajstić information content (AvgIpc) is 3.64. The maximum atomic E-state index is 15.1. The largest absolute Gasteiger partial charge is 0.453 e. The van der Waals surface area contributed by atoms with Crippen LogP contribution in [0.1, 0.15) is 56.9 Å². The summed E-state index contributed by atoms with van der Waals surface area (Å²) in [5.41, 5.74) is 1.32. The normalized spacial score (nSPS) is 26.1. The molecule has 4 aliphatic heterocycles. The highest BCUT2D eigenvalue weighted by Crippen LogP contribution is 2.51. The number of carbonyl (C=O) groups excluding carboxylic acids is 2. The summed E-state index contributed by atoms with van der Waals surface area (Å²) in [6, 6.07) is 14.0. The zero-order valence-electron chi connectivity index (χ0n) is 33.0. The van der Waals surface area contributed by atoms with Gasteiger partial charge in [0.05, 0.1) is 25.1 Å². The monoisotopic (exact) mass is 794 g/mol. The second-order valence-electron chi connectivity index (χ2n) is 16.7. The van der Waals surface area contributed by atoms with E-state index in [0.29, 0.717) is 32.0 Å². The van der Waals surface area contributed by atoms with Crippen LogP contribution in [0.2, 0.25) is 0 Å². The Morgan fingerprint density at radius 1 is 0.929 bits per heavy atom. The topological polar surface area (TPSA) is 124 Å². The van der Waals surface area contributed by atoms with E-state index in [1.807, 2.05) is 18.2 Å². The number of nitrogens with one attached hydrogen (secondary N) is 2. The fraction of sp³-hybridized carbons (Fsp3) is 0.619. The molecule has 0 aromatic heterocycles. The number of anilines is 1. The molecular weight excluding hydrogens is 736 g/mol. The molecule has 2 N–H and O–H groups in total. The van der Waals surface area contributed by atoms with Gasteiger partial charge in [-0.3, -0.25) is 4.79 Å². The van der Waals surface area contributed by atoms with Crippen LogP contribution in [0.25, 0.3) is 0 Å². The van der Waals surface area contributed by atoms with Gasteiger partial charge in [-0.1, -0.05) is 25.1 Å². The van der Waals surface area contributed by atoms with Crippen LogP contribution in [0.3, 0.4) is 0 Å². The molecule has 5 fully saturated rings. The summed E-state index contributed by atoms with van der Waals surface area (Å²) in [5, 5.41) is 6.02. The minimum atomic E-state index is -3.71. The third-order valence-electron chi connectivity index (χ3n) is 13.4. The van der Waals surface area contributed by atoms with E-state index in [0.717, 1.165) is 89.0 Å². The predicted molar refractivity (Wildman–Crippen MR) is 213 cm³/mol. The summed E-state index contributed by atoms with van der Waals surface area (Å²) in [6.07, 6.45) is 8.17. The number of rotatable bonds is 14. The van der Waals surface area contributed by atoms with Crippen LogP contribution in [0.15, 0.2) is 66.1 Å². The minimum absolute atomic E-state index is 0.0364. The summed E-state index contributed by atoms with van der Waals surface area (Å²) in [5.74, 6) is -0.0509. The van der Waals surface area contributed by atoms with Gasteiger partial charge in [-0.05, 0) is 131 Å². The second-order valence-corrected chi connectivity index (χ2v) is 18.6. The van der Waals surface area contributed by atoms with Gasteiger partial charge in [-0.15, -0.1) is 0 Å². The van der Waals surface area contributed by atoms with Gasteiger partial charge < -0.3 is 34.8 Å². The highest BCUT2D eigenvalue weighted by Gasteiger charge is 2.54. The Balaban J connectivity index is 1.01. The lowest BCUT2D eigenvalue weighted by molar-refractivity contribution is -0.117. The molecule has 2 aromatic rings. The Bertz CT molecular complexity index is 1810. The van der Waals surface area contributed by atoms with E-state index in [-0.39, 0.29) is 52.2 Å². The van der Waals surface area contributed by atoms with Gasteiger partial charge in [0.1, 0.15) is 11.4 Å². The van der Waals surface area contributed by atoms with Gasteiger partial charge >= 0.3 is 6.09 Å². The molecule has 0 spiro atoms. The van der Waals surface area contributed by atoms with E-state index < -0.39 is 16.1 Å². The van der Waals surface area contributed by atoms with Crippen LogP contribution in [0, 0.1) is 17.7 Å². The van der Waals surface area contributed by atoms with Crippen molar-refractivity contribution in [2.75, 3.05) is 84.6 Å². The van der Waals surface area contributed by atoms with Crippen molar-refractivity contribution >= 4 is 27.7 Å².